The number of nitrogens with one attached hydrogen (secondary N) is 2. The van der Waals surface area contributed by atoms with Gasteiger partial charge >= 0.3 is 6.03 Å². The number of carbonyl (C=O) groups excluding carboxylic acids is 1. The topological polar surface area (TPSA) is 57.4 Å². The summed E-state index contributed by atoms with van der Waals surface area (Å²) in [5.41, 5.74) is 5.88. The highest BCUT2D eigenvalue weighted by Crippen LogP contribution is 2.34. The van der Waals surface area contributed by atoms with Crippen LogP contribution in [0, 0.1) is 13.8 Å². The SMILES string of the molecule is CCOc1ccccc1NC(=O)N1CCC(c2[nH]c3ccc(C)cc3c2C)CC1. The third-order valence-corrected chi connectivity index (χ3v) is 5.87. The van der Waals surface area contributed by atoms with Gasteiger partial charge in [0.1, 0.15) is 5.75 Å². The molecule has 1 aliphatic rings. The first-order valence-corrected chi connectivity index (χ1v) is 10.4. The van der Waals surface area contributed by atoms with E-state index in [1.54, 1.807) is 0 Å². The van der Waals surface area contributed by atoms with Gasteiger partial charge in [0.15, 0.2) is 0 Å². The lowest BCUT2D eigenvalue weighted by Gasteiger charge is -2.32. The Hall–Kier alpha value is -2.95. The van der Waals surface area contributed by atoms with Crippen molar-refractivity contribution in [1.82, 2.24) is 9.88 Å². The van der Waals surface area contributed by atoms with Crippen molar-refractivity contribution in [2.45, 2.75) is 39.5 Å². The third-order valence-electron chi connectivity index (χ3n) is 5.87. The smallest absolute Gasteiger partial charge is 0.321 e. The van der Waals surface area contributed by atoms with E-state index >= 15 is 0 Å². The number of hydrogen-bond donors (Lipinski definition) is 2. The Balaban J connectivity index is 1.42. The average molecular weight is 392 g/mol. The van der Waals surface area contributed by atoms with E-state index in [-0.39, 0.29) is 6.03 Å². The Labute approximate surface area is 172 Å². The van der Waals surface area contributed by atoms with Crippen molar-refractivity contribution in [3.63, 3.8) is 0 Å². The number of piperidine rings is 1. The Morgan fingerprint density at radius 2 is 1.93 bits per heavy atom. The van der Waals surface area contributed by atoms with Crippen LogP contribution < -0.4 is 10.1 Å². The molecule has 0 aliphatic carbocycles. The van der Waals surface area contributed by atoms with Gasteiger partial charge in [-0.3, -0.25) is 0 Å². The average Bonchev–Trinajstić information content (AvgIpc) is 3.06. The molecular weight excluding hydrogens is 362 g/mol. The molecule has 152 valence electrons. The molecule has 5 nitrogen and oxygen atoms in total. The number of anilines is 1. The highest BCUT2D eigenvalue weighted by Gasteiger charge is 2.26. The van der Waals surface area contributed by atoms with Crippen LogP contribution in [0.3, 0.4) is 0 Å². The summed E-state index contributed by atoms with van der Waals surface area (Å²) in [4.78, 5) is 18.3. The number of likely N-dealkylation sites (tertiary alicyclic amines) is 1. The van der Waals surface area contributed by atoms with Crippen molar-refractivity contribution < 1.29 is 9.53 Å². The number of rotatable bonds is 4. The monoisotopic (exact) mass is 391 g/mol. The number of ether oxygens (including phenoxy) is 1. The molecule has 2 heterocycles. The van der Waals surface area contributed by atoms with Gasteiger partial charge in [0, 0.05) is 35.6 Å². The number of carbonyl (C=O) groups is 1. The Bertz CT molecular complexity index is 1020. The summed E-state index contributed by atoms with van der Waals surface area (Å²) in [6.45, 7) is 8.35. The maximum absolute atomic E-state index is 12.8. The summed E-state index contributed by atoms with van der Waals surface area (Å²) >= 11 is 0. The Morgan fingerprint density at radius 3 is 2.69 bits per heavy atom. The minimum Gasteiger partial charge on any atom is -0.492 e. The number of aromatic amines is 1. The molecule has 2 N–H and O–H groups in total. The number of amides is 2. The largest absolute Gasteiger partial charge is 0.492 e. The van der Waals surface area contributed by atoms with Crippen molar-refractivity contribution in [3.8, 4) is 5.75 Å². The molecule has 0 unspecified atom stereocenters. The number of urea groups is 1. The summed E-state index contributed by atoms with van der Waals surface area (Å²) < 4.78 is 5.61. The summed E-state index contributed by atoms with van der Waals surface area (Å²) in [5, 5.41) is 4.33. The van der Waals surface area contributed by atoms with Gasteiger partial charge in [0.25, 0.3) is 0 Å². The van der Waals surface area contributed by atoms with Gasteiger partial charge in [-0.15, -0.1) is 0 Å². The Kier molecular flexibility index (Phi) is 5.47. The minimum absolute atomic E-state index is 0.0559. The number of aryl methyl sites for hydroxylation is 2. The number of benzene rings is 2. The van der Waals surface area contributed by atoms with Crippen LogP contribution in [0.4, 0.5) is 10.5 Å². The van der Waals surface area contributed by atoms with Gasteiger partial charge in [0.05, 0.1) is 12.3 Å². The van der Waals surface area contributed by atoms with Crippen LogP contribution in [0.15, 0.2) is 42.5 Å². The van der Waals surface area contributed by atoms with Crippen molar-refractivity contribution in [1.29, 1.82) is 0 Å². The van der Waals surface area contributed by atoms with Gasteiger partial charge in [0.2, 0.25) is 0 Å². The number of fused-ring (bicyclic) bond motifs is 1. The number of nitrogens with zero attached hydrogens (tertiary/aromatic N) is 1. The first kappa shape index (κ1) is 19.4. The van der Waals surface area contributed by atoms with Crippen molar-refractivity contribution >= 4 is 22.6 Å². The van der Waals surface area contributed by atoms with Crippen molar-refractivity contribution in [2.75, 3.05) is 25.0 Å². The molecule has 0 bridgehead atoms. The second kappa shape index (κ2) is 8.19. The molecular formula is C24H29N3O2. The van der Waals surface area contributed by atoms with Gasteiger partial charge < -0.3 is 19.9 Å². The number of aromatic nitrogens is 1. The zero-order valence-electron chi connectivity index (χ0n) is 17.4. The Morgan fingerprint density at radius 1 is 1.17 bits per heavy atom. The van der Waals surface area contributed by atoms with Gasteiger partial charge in [-0.2, -0.15) is 0 Å². The summed E-state index contributed by atoms with van der Waals surface area (Å²) in [5.74, 6) is 1.17. The van der Waals surface area contributed by atoms with Crippen LogP contribution in [0.2, 0.25) is 0 Å². The lowest BCUT2D eigenvalue weighted by molar-refractivity contribution is 0.194. The van der Waals surface area contributed by atoms with E-state index in [1.807, 2.05) is 36.1 Å². The van der Waals surface area contributed by atoms with Crippen LogP contribution in [0.5, 0.6) is 5.75 Å². The molecule has 0 radical (unpaired) electrons. The van der Waals surface area contributed by atoms with Crippen LogP contribution in [-0.4, -0.2) is 35.6 Å². The molecule has 1 aromatic heterocycles. The first-order valence-electron chi connectivity index (χ1n) is 10.4. The molecule has 1 aliphatic heterocycles. The number of para-hydroxylation sites is 2. The fraction of sp³-hybridized carbons (Fsp3) is 0.375. The first-order chi connectivity index (χ1) is 14.1. The molecule has 2 aromatic carbocycles. The van der Waals surface area contributed by atoms with Gasteiger partial charge in [-0.25, -0.2) is 4.79 Å². The van der Waals surface area contributed by atoms with E-state index in [2.05, 4.69) is 42.3 Å². The highest BCUT2D eigenvalue weighted by molar-refractivity contribution is 5.91. The van der Waals surface area contributed by atoms with E-state index in [1.165, 1.54) is 27.7 Å². The molecule has 2 amide bonds. The summed E-state index contributed by atoms with van der Waals surface area (Å²) in [6, 6.07) is 14.1. The fourth-order valence-corrected chi connectivity index (χ4v) is 4.29. The van der Waals surface area contributed by atoms with Crippen molar-refractivity contribution in [3.05, 3.63) is 59.3 Å². The van der Waals surface area contributed by atoms with E-state index in [0.717, 1.165) is 31.6 Å². The molecule has 3 aromatic rings. The van der Waals surface area contributed by atoms with E-state index < -0.39 is 0 Å². The highest BCUT2D eigenvalue weighted by atomic mass is 16.5. The molecule has 0 saturated carbocycles. The van der Waals surface area contributed by atoms with E-state index in [9.17, 15) is 4.79 Å². The van der Waals surface area contributed by atoms with Crippen molar-refractivity contribution in [2.24, 2.45) is 0 Å². The maximum Gasteiger partial charge on any atom is 0.321 e. The standard InChI is InChI=1S/C24H29N3O2/c1-4-29-22-8-6-5-7-21(22)26-24(28)27-13-11-18(12-14-27)23-17(3)19-15-16(2)9-10-20(19)25-23/h5-10,15,18,25H,4,11-14H2,1-3H3,(H,26,28). The summed E-state index contributed by atoms with van der Waals surface area (Å²) in [7, 11) is 0. The fourth-order valence-electron chi connectivity index (χ4n) is 4.29. The van der Waals surface area contributed by atoms with Crippen LogP contribution in [0.1, 0.15) is 42.5 Å². The molecule has 0 spiro atoms. The minimum atomic E-state index is -0.0559. The predicted octanol–water partition coefficient (Wildman–Crippen LogP) is 5.59. The normalized spacial score (nSPS) is 14.9. The second-order valence-corrected chi connectivity index (χ2v) is 7.83. The van der Waals surface area contributed by atoms with Crippen LogP contribution >= 0.6 is 0 Å². The van der Waals surface area contributed by atoms with Crippen LogP contribution in [0.25, 0.3) is 10.9 Å². The molecule has 29 heavy (non-hydrogen) atoms. The molecule has 4 rings (SSSR count). The van der Waals surface area contributed by atoms with Crippen LogP contribution in [-0.2, 0) is 0 Å². The molecule has 0 atom stereocenters. The lowest BCUT2D eigenvalue weighted by Crippen LogP contribution is -2.40. The zero-order valence-corrected chi connectivity index (χ0v) is 17.4. The van der Waals surface area contributed by atoms with E-state index in [0.29, 0.717) is 18.3 Å². The molecule has 5 heteroatoms. The number of H-pyrrole nitrogens is 1. The number of hydrogen-bond acceptors (Lipinski definition) is 2. The third kappa shape index (κ3) is 3.95. The molecule has 1 saturated heterocycles. The molecule has 1 fully saturated rings. The maximum atomic E-state index is 12.8. The lowest BCUT2D eigenvalue weighted by atomic mass is 9.91. The van der Waals surface area contributed by atoms with Gasteiger partial charge in [-0.1, -0.05) is 23.8 Å². The quantitative estimate of drug-likeness (QED) is 0.609. The summed E-state index contributed by atoms with van der Waals surface area (Å²) in [6.07, 6.45) is 1.93. The zero-order chi connectivity index (χ0) is 20.4. The van der Waals surface area contributed by atoms with Gasteiger partial charge in [-0.05, 0) is 63.4 Å². The predicted molar refractivity (Wildman–Crippen MR) is 118 cm³/mol. The second-order valence-electron chi connectivity index (χ2n) is 7.83. The van der Waals surface area contributed by atoms with E-state index in [4.69, 9.17) is 4.74 Å².